The van der Waals surface area contributed by atoms with Crippen molar-refractivity contribution in [1.29, 1.82) is 0 Å². The van der Waals surface area contributed by atoms with Crippen LogP contribution in [-0.4, -0.2) is 68.3 Å². The summed E-state index contributed by atoms with van der Waals surface area (Å²) in [4.78, 5) is 41.5. The highest BCUT2D eigenvalue weighted by Gasteiger charge is 2.25. The molecule has 0 saturated carbocycles. The van der Waals surface area contributed by atoms with E-state index >= 15 is 0 Å². The van der Waals surface area contributed by atoms with Gasteiger partial charge in [0.05, 0.1) is 10.6 Å². The van der Waals surface area contributed by atoms with Crippen molar-refractivity contribution in [3.05, 3.63) is 68.8 Å². The molecule has 0 bridgehead atoms. The van der Waals surface area contributed by atoms with Crippen LogP contribution in [-0.2, 0) is 17.8 Å². The van der Waals surface area contributed by atoms with Gasteiger partial charge in [-0.1, -0.05) is 48.2 Å². The van der Waals surface area contributed by atoms with E-state index in [1.54, 1.807) is 14.4 Å². The number of hydrogen-bond donors (Lipinski definition) is 1. The molecule has 0 spiro atoms. The van der Waals surface area contributed by atoms with Gasteiger partial charge in [0.1, 0.15) is 0 Å². The van der Waals surface area contributed by atoms with Crippen LogP contribution in [0.5, 0.6) is 0 Å². The number of piperazine rings is 1. The molecule has 162 valence electrons. The summed E-state index contributed by atoms with van der Waals surface area (Å²) in [5, 5.41) is 8.95. The monoisotopic (exact) mass is 457 g/mol. The Hall–Kier alpha value is -2.85. The Morgan fingerprint density at radius 2 is 1.77 bits per heavy atom. The molecule has 0 atom stereocenters. The highest BCUT2D eigenvalue weighted by molar-refractivity contribution is 7.99. The molecule has 2 amide bonds. The highest BCUT2D eigenvalue weighted by atomic mass is 32.2. The molecule has 31 heavy (non-hydrogen) atoms. The van der Waals surface area contributed by atoms with Crippen LogP contribution in [0.2, 0.25) is 0 Å². The molecule has 1 fully saturated rings. The van der Waals surface area contributed by atoms with Crippen LogP contribution < -0.4 is 5.69 Å². The maximum absolute atomic E-state index is 12.7. The average molecular weight is 458 g/mol. The summed E-state index contributed by atoms with van der Waals surface area (Å²) in [5.74, 6) is 0.211. The fourth-order valence-corrected chi connectivity index (χ4v) is 4.99. The zero-order valence-electron chi connectivity index (χ0n) is 16.9. The number of nitrogens with zero attached hydrogens (tertiary/aromatic N) is 4. The number of thiophene rings is 1. The first-order valence-electron chi connectivity index (χ1n) is 10.0. The smallest absolute Gasteiger partial charge is 0.338 e. The molecule has 10 heteroatoms. The predicted octanol–water partition coefficient (Wildman–Crippen LogP) is 1.95. The molecule has 1 aliphatic rings. The second-order valence-electron chi connectivity index (χ2n) is 7.14. The van der Waals surface area contributed by atoms with Crippen LogP contribution in [0.25, 0.3) is 0 Å². The number of nitrogens with one attached hydrogen (secondary N) is 1. The van der Waals surface area contributed by atoms with Crippen molar-refractivity contribution < 1.29 is 9.59 Å². The van der Waals surface area contributed by atoms with Gasteiger partial charge >= 0.3 is 5.69 Å². The third-order valence-electron chi connectivity index (χ3n) is 5.17. The van der Waals surface area contributed by atoms with Crippen molar-refractivity contribution in [2.45, 2.75) is 18.1 Å². The maximum Gasteiger partial charge on any atom is 0.343 e. The number of carbonyl (C=O) groups is 2. The van der Waals surface area contributed by atoms with E-state index in [0.717, 1.165) is 10.4 Å². The van der Waals surface area contributed by atoms with Crippen LogP contribution in [0.1, 0.15) is 15.2 Å². The summed E-state index contributed by atoms with van der Waals surface area (Å²) in [6, 6.07) is 13.6. The van der Waals surface area contributed by atoms with Gasteiger partial charge in [0.2, 0.25) is 5.91 Å². The Balaban J connectivity index is 1.28. The Kier molecular flexibility index (Phi) is 6.88. The number of rotatable bonds is 7. The quantitative estimate of drug-likeness (QED) is 0.548. The van der Waals surface area contributed by atoms with E-state index in [9.17, 15) is 14.4 Å². The molecule has 1 aliphatic heterocycles. The summed E-state index contributed by atoms with van der Waals surface area (Å²) < 4.78 is 1.57. The van der Waals surface area contributed by atoms with E-state index < -0.39 is 0 Å². The van der Waals surface area contributed by atoms with E-state index in [4.69, 9.17) is 0 Å². The van der Waals surface area contributed by atoms with Gasteiger partial charge in [-0.05, 0) is 23.4 Å². The normalized spacial score (nSPS) is 14.1. The first-order valence-corrected chi connectivity index (χ1v) is 11.9. The number of amides is 2. The SMILES string of the molecule is O=C(CSc1n[nH]c(=O)n1CCc1ccccc1)N1CCN(C(=O)c2cccs2)CC1. The number of aryl methyl sites for hydroxylation is 1. The Labute approximate surface area is 187 Å². The molecule has 0 radical (unpaired) electrons. The molecule has 3 aromatic rings. The lowest BCUT2D eigenvalue weighted by Gasteiger charge is -2.34. The Bertz CT molecular complexity index is 1070. The first-order chi connectivity index (χ1) is 15.1. The fourth-order valence-electron chi connectivity index (χ4n) is 3.43. The van der Waals surface area contributed by atoms with Crippen LogP contribution in [0.4, 0.5) is 0 Å². The molecule has 8 nitrogen and oxygen atoms in total. The first kappa shape index (κ1) is 21.4. The molecule has 1 N–H and O–H groups in total. The summed E-state index contributed by atoms with van der Waals surface area (Å²) >= 11 is 2.69. The predicted molar refractivity (Wildman–Crippen MR) is 121 cm³/mol. The Morgan fingerprint density at radius 3 is 2.48 bits per heavy atom. The minimum Gasteiger partial charge on any atom is -0.338 e. The van der Waals surface area contributed by atoms with Crippen LogP contribution in [0.15, 0.2) is 57.8 Å². The zero-order valence-corrected chi connectivity index (χ0v) is 18.5. The average Bonchev–Trinajstić information content (AvgIpc) is 3.46. The number of carbonyl (C=O) groups excluding carboxylic acids is 2. The minimum atomic E-state index is -0.272. The van der Waals surface area contributed by atoms with Gasteiger partial charge in [-0.3, -0.25) is 14.2 Å². The number of aromatic nitrogens is 3. The van der Waals surface area contributed by atoms with E-state index in [0.29, 0.717) is 44.3 Å². The number of benzene rings is 1. The molecular formula is C21H23N5O3S2. The second-order valence-corrected chi connectivity index (χ2v) is 9.03. The molecule has 2 aromatic heterocycles. The fraction of sp³-hybridized carbons (Fsp3) is 0.333. The van der Waals surface area contributed by atoms with Crippen molar-refractivity contribution in [1.82, 2.24) is 24.6 Å². The van der Waals surface area contributed by atoms with E-state index in [1.807, 2.05) is 47.8 Å². The number of H-pyrrole nitrogens is 1. The second kappa shape index (κ2) is 9.97. The van der Waals surface area contributed by atoms with Crippen molar-refractivity contribution in [2.24, 2.45) is 0 Å². The van der Waals surface area contributed by atoms with Crippen LogP contribution in [0, 0.1) is 0 Å². The van der Waals surface area contributed by atoms with Crippen molar-refractivity contribution >= 4 is 34.9 Å². The third-order valence-corrected chi connectivity index (χ3v) is 6.99. The lowest BCUT2D eigenvalue weighted by atomic mass is 10.1. The lowest BCUT2D eigenvalue weighted by molar-refractivity contribution is -0.129. The standard InChI is InChI=1S/C21H23N5O3S2/c27-18(24-10-12-25(13-11-24)19(28)17-7-4-14-30-17)15-31-21-23-22-20(29)26(21)9-8-16-5-2-1-3-6-16/h1-7,14H,8-13,15H2,(H,22,29). The summed E-state index contributed by atoms with van der Waals surface area (Å²) in [7, 11) is 0. The summed E-state index contributed by atoms with van der Waals surface area (Å²) in [5.41, 5.74) is 0.865. The topological polar surface area (TPSA) is 91.3 Å². The van der Waals surface area contributed by atoms with Gasteiger partial charge < -0.3 is 9.80 Å². The largest absolute Gasteiger partial charge is 0.343 e. The highest BCUT2D eigenvalue weighted by Crippen LogP contribution is 2.17. The minimum absolute atomic E-state index is 0.0155. The van der Waals surface area contributed by atoms with Gasteiger partial charge in [-0.2, -0.15) is 0 Å². The van der Waals surface area contributed by atoms with Gasteiger partial charge in [-0.15, -0.1) is 16.4 Å². The van der Waals surface area contributed by atoms with Crippen molar-refractivity contribution in [2.75, 3.05) is 31.9 Å². The van der Waals surface area contributed by atoms with Crippen molar-refractivity contribution in [3.8, 4) is 0 Å². The molecule has 0 aliphatic carbocycles. The molecular weight excluding hydrogens is 434 g/mol. The van der Waals surface area contributed by atoms with E-state index in [-0.39, 0.29) is 23.3 Å². The molecule has 3 heterocycles. The lowest BCUT2D eigenvalue weighted by Crippen LogP contribution is -2.51. The molecule has 0 unspecified atom stereocenters. The molecule has 1 saturated heterocycles. The Morgan fingerprint density at radius 1 is 1.03 bits per heavy atom. The molecule has 4 rings (SSSR count). The molecule has 1 aromatic carbocycles. The summed E-state index contributed by atoms with van der Waals surface area (Å²) in [6.45, 7) is 2.57. The number of hydrogen-bond acceptors (Lipinski definition) is 6. The van der Waals surface area contributed by atoms with Gasteiger partial charge in [0, 0.05) is 32.7 Å². The van der Waals surface area contributed by atoms with Crippen LogP contribution in [0.3, 0.4) is 0 Å². The maximum atomic E-state index is 12.7. The number of aromatic amines is 1. The van der Waals surface area contributed by atoms with E-state index in [2.05, 4.69) is 10.2 Å². The number of thioether (sulfide) groups is 1. The third kappa shape index (κ3) is 5.26. The van der Waals surface area contributed by atoms with Crippen LogP contribution >= 0.6 is 23.1 Å². The van der Waals surface area contributed by atoms with E-state index in [1.165, 1.54) is 23.1 Å². The summed E-state index contributed by atoms with van der Waals surface area (Å²) in [6.07, 6.45) is 0.710. The van der Waals surface area contributed by atoms with Gasteiger partial charge in [-0.25, -0.2) is 9.89 Å². The zero-order chi connectivity index (χ0) is 21.6. The van der Waals surface area contributed by atoms with Gasteiger partial charge in [0.25, 0.3) is 5.91 Å². The van der Waals surface area contributed by atoms with Crippen molar-refractivity contribution in [3.63, 3.8) is 0 Å². The van der Waals surface area contributed by atoms with Gasteiger partial charge in [0.15, 0.2) is 5.16 Å².